The van der Waals surface area contributed by atoms with Gasteiger partial charge in [0.15, 0.2) is 0 Å². The fourth-order valence-corrected chi connectivity index (χ4v) is 3.16. The van der Waals surface area contributed by atoms with Crippen molar-refractivity contribution in [2.75, 3.05) is 45.0 Å². The van der Waals surface area contributed by atoms with E-state index in [9.17, 15) is 0 Å². The monoisotopic (exact) mass is 434 g/mol. The molecule has 3 nitrogen and oxygen atoms in total. The van der Waals surface area contributed by atoms with Gasteiger partial charge in [-0.1, -0.05) is 22.4 Å². The van der Waals surface area contributed by atoms with E-state index in [4.69, 9.17) is 14.1 Å². The summed E-state index contributed by atoms with van der Waals surface area (Å²) in [5.74, 6) is 2.10. The summed E-state index contributed by atoms with van der Waals surface area (Å²) >= 11 is 8.31. The van der Waals surface area contributed by atoms with E-state index in [-0.39, 0.29) is 4.05 Å². The van der Waals surface area contributed by atoms with E-state index in [0.717, 1.165) is 70.0 Å². The fourth-order valence-electron chi connectivity index (χ4n) is 1.48. The highest BCUT2D eigenvalue weighted by molar-refractivity contribution is 14.1. The van der Waals surface area contributed by atoms with Crippen LogP contribution >= 0.6 is 46.6 Å². The molecule has 120 valence electrons. The summed E-state index contributed by atoms with van der Waals surface area (Å²) in [6.45, 7) is 3.47. The largest absolute Gasteiger partial charge is 0.434 e. The van der Waals surface area contributed by atoms with Crippen molar-refractivity contribution in [1.82, 2.24) is 0 Å². The molecule has 0 atom stereocenters. The van der Waals surface area contributed by atoms with Crippen LogP contribution in [-0.4, -0.2) is 49.1 Å². The van der Waals surface area contributed by atoms with Gasteiger partial charge >= 0.3 is 4.05 Å². The predicted octanol–water partition coefficient (Wildman–Crippen LogP) is 4.09. The number of halogens is 1. The Kier molecular flexibility index (Phi) is 19.7. The maximum Gasteiger partial charge on any atom is 0.434 e. The number of hydrogen-bond donors (Lipinski definition) is 1. The second-order valence-corrected chi connectivity index (χ2v) is 8.04. The molecule has 0 aromatic rings. The molecule has 0 aromatic heterocycles. The highest BCUT2D eigenvalue weighted by Gasteiger charge is 2.07. The highest BCUT2D eigenvalue weighted by Crippen LogP contribution is 2.15. The summed E-state index contributed by atoms with van der Waals surface area (Å²) in [6.07, 6.45) is 6.80. The lowest BCUT2D eigenvalue weighted by Gasteiger charge is -2.06. The Balaban J connectivity index is 2.96. The maximum atomic E-state index is 5.60. The van der Waals surface area contributed by atoms with Gasteiger partial charge in [0.25, 0.3) is 0 Å². The first-order valence-corrected chi connectivity index (χ1v) is 10.3. The Morgan fingerprint density at radius 3 is 1.90 bits per heavy atom. The van der Waals surface area contributed by atoms with E-state index in [1.165, 1.54) is 6.42 Å². The zero-order valence-electron chi connectivity index (χ0n) is 12.5. The Bertz CT molecular complexity index is 193. The zero-order valence-corrected chi connectivity index (χ0v) is 16.4. The van der Waals surface area contributed by atoms with Crippen LogP contribution in [0.2, 0.25) is 0 Å². The molecule has 0 rings (SSSR count). The van der Waals surface area contributed by atoms with Gasteiger partial charge in [-0.2, -0.15) is 24.2 Å². The Hall–Kier alpha value is 1.37. The van der Waals surface area contributed by atoms with Crippen molar-refractivity contribution in [2.24, 2.45) is 0 Å². The van der Waals surface area contributed by atoms with Crippen LogP contribution in [0.25, 0.3) is 0 Å². The van der Waals surface area contributed by atoms with Crippen LogP contribution in [0.15, 0.2) is 0 Å². The molecule has 0 unspecified atom stereocenters. The van der Waals surface area contributed by atoms with Crippen molar-refractivity contribution in [3.63, 3.8) is 0 Å². The number of ether oxygens (including phenoxy) is 2. The molecule has 0 heterocycles. The van der Waals surface area contributed by atoms with E-state index in [1.807, 2.05) is 11.6 Å². The first-order valence-electron chi connectivity index (χ1n) is 7.36. The summed E-state index contributed by atoms with van der Waals surface area (Å²) in [4.78, 5) is 0. The molecule has 0 spiro atoms. The average molecular weight is 434 g/mol. The van der Waals surface area contributed by atoms with Gasteiger partial charge in [-0.15, -0.1) is 0 Å². The molecular formula is C13H28BIO3S2. The molecule has 0 N–H and O–H groups in total. The minimum Gasteiger partial charge on any atom is -0.420 e. The Morgan fingerprint density at radius 1 is 0.900 bits per heavy atom. The summed E-state index contributed by atoms with van der Waals surface area (Å²) in [5.41, 5.74) is 0. The third kappa shape index (κ3) is 17.4. The highest BCUT2D eigenvalue weighted by atomic mass is 127. The van der Waals surface area contributed by atoms with E-state index in [0.29, 0.717) is 0 Å². The van der Waals surface area contributed by atoms with Gasteiger partial charge in [-0.05, 0) is 50.0 Å². The van der Waals surface area contributed by atoms with Crippen LogP contribution in [-0.2, 0) is 14.1 Å². The molecule has 0 aliphatic carbocycles. The third-order valence-corrected chi connectivity index (χ3v) is 5.52. The van der Waals surface area contributed by atoms with Crippen LogP contribution in [0, 0.1) is 0 Å². The fraction of sp³-hybridized carbons (Fsp3) is 1.00. The van der Waals surface area contributed by atoms with Crippen molar-refractivity contribution in [3.05, 3.63) is 0 Å². The number of rotatable bonds is 16. The predicted molar refractivity (Wildman–Crippen MR) is 102 cm³/mol. The molecule has 0 aromatic carbocycles. The second-order valence-electron chi connectivity index (χ2n) is 4.45. The first kappa shape index (κ1) is 21.4. The van der Waals surface area contributed by atoms with E-state index < -0.39 is 0 Å². The smallest absolute Gasteiger partial charge is 0.420 e. The van der Waals surface area contributed by atoms with Crippen molar-refractivity contribution >= 4 is 50.7 Å². The van der Waals surface area contributed by atoms with Gasteiger partial charge < -0.3 is 14.1 Å². The van der Waals surface area contributed by atoms with Crippen LogP contribution in [0.1, 0.15) is 38.5 Å². The maximum absolute atomic E-state index is 5.60. The normalized spacial score (nSPS) is 10.9. The van der Waals surface area contributed by atoms with Gasteiger partial charge in [0.1, 0.15) is 0 Å². The molecule has 0 saturated carbocycles. The molecule has 0 saturated heterocycles. The number of thiol groups is 1. The summed E-state index contributed by atoms with van der Waals surface area (Å²) in [7, 11) is 1.75. The molecule has 7 heteroatoms. The third-order valence-electron chi connectivity index (χ3n) is 2.64. The minimum absolute atomic E-state index is 0.279. The van der Waals surface area contributed by atoms with Crippen LogP contribution in [0.5, 0.6) is 0 Å². The molecule has 0 radical (unpaired) electrons. The van der Waals surface area contributed by atoms with Gasteiger partial charge in [-0.25, -0.2) is 0 Å². The van der Waals surface area contributed by atoms with Crippen molar-refractivity contribution in [3.8, 4) is 0 Å². The van der Waals surface area contributed by atoms with Crippen LogP contribution < -0.4 is 0 Å². The molecule has 0 fully saturated rings. The Morgan fingerprint density at radius 2 is 1.40 bits per heavy atom. The van der Waals surface area contributed by atoms with E-state index >= 15 is 0 Å². The number of hydrogen-bond acceptors (Lipinski definition) is 5. The van der Waals surface area contributed by atoms with Crippen molar-refractivity contribution < 1.29 is 14.1 Å². The lowest BCUT2D eigenvalue weighted by Crippen LogP contribution is -2.03. The minimum atomic E-state index is 0.279. The first-order chi connectivity index (χ1) is 9.81. The summed E-state index contributed by atoms with van der Waals surface area (Å²) < 4.78 is 16.6. The molecule has 0 amide bonds. The SMILES string of the molecule is COB(I)SCCCCOCCCCOCCCCS. The molecular weight excluding hydrogens is 406 g/mol. The van der Waals surface area contributed by atoms with Crippen LogP contribution in [0.3, 0.4) is 0 Å². The van der Waals surface area contributed by atoms with Gasteiger partial charge in [-0.3, -0.25) is 0 Å². The molecule has 0 aliphatic rings. The standard InChI is InChI=1S/C13H28BIO3S2/c1-16-14(15)20-13-7-5-11-18-9-3-2-8-17-10-4-6-12-19/h19H,2-13H2,1H3. The van der Waals surface area contributed by atoms with Gasteiger partial charge in [0, 0.05) is 33.5 Å². The molecule has 20 heavy (non-hydrogen) atoms. The van der Waals surface area contributed by atoms with E-state index in [1.54, 1.807) is 7.11 Å². The van der Waals surface area contributed by atoms with E-state index in [2.05, 4.69) is 35.0 Å². The number of unbranched alkanes of at least 4 members (excludes halogenated alkanes) is 3. The molecule has 0 aliphatic heterocycles. The second kappa shape index (κ2) is 18.4. The van der Waals surface area contributed by atoms with Gasteiger partial charge in [0.05, 0.1) is 0 Å². The van der Waals surface area contributed by atoms with Gasteiger partial charge in [0.2, 0.25) is 0 Å². The summed E-state index contributed by atoms with van der Waals surface area (Å²) in [6, 6.07) is 0. The van der Waals surface area contributed by atoms with Crippen molar-refractivity contribution in [2.45, 2.75) is 38.5 Å². The lowest BCUT2D eigenvalue weighted by molar-refractivity contribution is 0.100. The molecule has 0 bridgehead atoms. The Labute approximate surface area is 147 Å². The zero-order chi connectivity index (χ0) is 14.9. The average Bonchev–Trinajstić information content (AvgIpc) is 2.47. The summed E-state index contributed by atoms with van der Waals surface area (Å²) in [5, 5.41) is 0. The topological polar surface area (TPSA) is 27.7 Å². The van der Waals surface area contributed by atoms with Crippen LogP contribution in [0.4, 0.5) is 0 Å². The quantitative estimate of drug-likeness (QED) is 0.172. The lowest BCUT2D eigenvalue weighted by atomic mass is 10.3. The van der Waals surface area contributed by atoms with Crippen molar-refractivity contribution in [1.29, 1.82) is 0 Å².